The van der Waals surface area contributed by atoms with Crippen LogP contribution in [0.1, 0.15) is 16.1 Å². The van der Waals surface area contributed by atoms with Crippen molar-refractivity contribution in [1.29, 1.82) is 0 Å². The maximum absolute atomic E-state index is 14.9. The number of benzene rings is 1. The van der Waals surface area contributed by atoms with Crippen LogP contribution in [0, 0.1) is 11.6 Å². The Labute approximate surface area is 161 Å². The Kier molecular flexibility index (Phi) is 5.91. The molecule has 0 fully saturated rings. The summed E-state index contributed by atoms with van der Waals surface area (Å²) in [7, 11) is -0.506. The Balaban J connectivity index is 2.79. The van der Waals surface area contributed by atoms with E-state index in [0.29, 0.717) is 0 Å². The van der Waals surface area contributed by atoms with Gasteiger partial charge in [-0.1, -0.05) is 43.0 Å². The largest absolute Gasteiger partial charge is 0.492 e. The van der Waals surface area contributed by atoms with Crippen LogP contribution < -0.4 is 10.5 Å². The van der Waals surface area contributed by atoms with E-state index in [-0.39, 0.29) is 21.9 Å². The van der Waals surface area contributed by atoms with Crippen molar-refractivity contribution in [2.45, 2.75) is 19.6 Å². The number of rotatable bonds is 5. The Morgan fingerprint density at radius 1 is 1.30 bits per heavy atom. The van der Waals surface area contributed by atoms with Crippen LogP contribution in [-0.2, 0) is 0 Å². The Bertz CT molecular complexity index is 943. The molecule has 0 saturated carbocycles. The zero-order valence-corrected chi connectivity index (χ0v) is 17.0. The van der Waals surface area contributed by atoms with Crippen LogP contribution in [-0.4, -0.2) is 31.2 Å². The minimum atomic E-state index is -1.71. The Morgan fingerprint density at radius 2 is 1.93 bits per heavy atom. The molecule has 0 atom stereocenters. The summed E-state index contributed by atoms with van der Waals surface area (Å²) >= 11 is 5.85. The highest BCUT2D eigenvalue weighted by Crippen LogP contribution is 2.37. The van der Waals surface area contributed by atoms with E-state index in [9.17, 15) is 18.7 Å². The molecule has 9 heteroatoms. The molecule has 0 radical (unpaired) electrons. The molecule has 1 aromatic carbocycles. The number of anilines is 1. The van der Waals surface area contributed by atoms with Gasteiger partial charge in [0.05, 0.1) is 25.9 Å². The van der Waals surface area contributed by atoms with Crippen LogP contribution in [0.15, 0.2) is 17.8 Å². The molecule has 144 valence electrons. The van der Waals surface area contributed by atoms with Gasteiger partial charge in [-0.15, -0.1) is 0 Å². The molecule has 1 aromatic heterocycles. The van der Waals surface area contributed by atoms with Crippen LogP contribution in [0.3, 0.4) is 0 Å². The van der Waals surface area contributed by atoms with E-state index in [2.05, 4.69) is 4.98 Å². The normalized spacial score (nSPS) is 11.8. The smallest absolute Gasteiger partial charge is 0.355 e. The average Bonchev–Trinajstić information content (AvgIpc) is 2.56. The highest BCUT2D eigenvalue weighted by Gasteiger charge is 2.25. The summed E-state index contributed by atoms with van der Waals surface area (Å²) in [4.78, 5) is 15.5. The molecule has 2 aromatic rings. The first-order valence-corrected chi connectivity index (χ1v) is 11.9. The lowest BCUT2D eigenvalue weighted by Crippen LogP contribution is -2.16. The van der Waals surface area contributed by atoms with Gasteiger partial charge in [0.1, 0.15) is 5.69 Å². The standard InChI is InChI=1S/C18H19ClF2N2O3Si/c1-26-17-11(19)6-5-9(12(17)20)15-13(21)14(22)10(7-8-27(2,3)4)16(23-15)18(24)25/h5-8H,1-4H3,(H2,22,23)(H,24,25). The van der Waals surface area contributed by atoms with Gasteiger partial charge < -0.3 is 15.6 Å². The molecule has 27 heavy (non-hydrogen) atoms. The van der Waals surface area contributed by atoms with Crippen molar-refractivity contribution in [3.05, 3.63) is 45.7 Å². The summed E-state index contributed by atoms with van der Waals surface area (Å²) in [6.45, 7) is 6.06. The van der Waals surface area contributed by atoms with Crippen molar-refractivity contribution in [2.24, 2.45) is 0 Å². The van der Waals surface area contributed by atoms with Crippen molar-refractivity contribution >= 4 is 37.4 Å². The number of pyridine rings is 1. The maximum Gasteiger partial charge on any atom is 0.355 e. The maximum atomic E-state index is 14.9. The van der Waals surface area contributed by atoms with Crippen LogP contribution in [0.4, 0.5) is 14.5 Å². The zero-order valence-electron chi connectivity index (χ0n) is 15.2. The number of aromatic nitrogens is 1. The second-order valence-corrected chi connectivity index (χ2v) is 12.4. The van der Waals surface area contributed by atoms with Gasteiger partial charge in [0.15, 0.2) is 23.1 Å². The molecule has 5 nitrogen and oxygen atoms in total. The lowest BCUT2D eigenvalue weighted by molar-refractivity contribution is 0.0690. The fraction of sp³-hybridized carbons (Fsp3) is 0.222. The number of nitrogens with two attached hydrogens (primary N) is 1. The second-order valence-electron chi connectivity index (χ2n) is 6.90. The predicted octanol–water partition coefficient (Wildman–Crippen LogP) is 4.86. The van der Waals surface area contributed by atoms with E-state index < -0.39 is 42.8 Å². The molecule has 0 amide bonds. The minimum Gasteiger partial charge on any atom is -0.492 e. The predicted molar refractivity (Wildman–Crippen MR) is 105 cm³/mol. The summed E-state index contributed by atoms with van der Waals surface area (Å²) in [6.07, 6.45) is 1.46. The first-order chi connectivity index (χ1) is 12.5. The molecule has 0 aliphatic carbocycles. The number of nitrogens with zero attached hydrogens (tertiary/aromatic N) is 1. The summed E-state index contributed by atoms with van der Waals surface area (Å²) in [5.41, 5.74) is 5.90. The van der Waals surface area contributed by atoms with Crippen LogP contribution in [0.25, 0.3) is 17.3 Å². The van der Waals surface area contributed by atoms with E-state index >= 15 is 0 Å². The van der Waals surface area contributed by atoms with Crippen LogP contribution in [0.2, 0.25) is 24.7 Å². The third-order valence-electron chi connectivity index (χ3n) is 3.67. The summed E-state index contributed by atoms with van der Waals surface area (Å²) in [6, 6.07) is 2.49. The number of hydrogen-bond donors (Lipinski definition) is 2. The van der Waals surface area contributed by atoms with E-state index in [0.717, 1.165) is 0 Å². The van der Waals surface area contributed by atoms with Crippen molar-refractivity contribution in [3.8, 4) is 17.0 Å². The SMILES string of the molecule is COc1c(Cl)ccc(-c2nc(C(=O)O)c(C=C[Si](C)(C)C)c(N)c2F)c1F. The fourth-order valence-electron chi connectivity index (χ4n) is 2.34. The topological polar surface area (TPSA) is 85.4 Å². The number of aromatic carboxylic acids is 1. The van der Waals surface area contributed by atoms with Crippen molar-refractivity contribution in [3.63, 3.8) is 0 Å². The van der Waals surface area contributed by atoms with Gasteiger partial charge in [-0.3, -0.25) is 0 Å². The van der Waals surface area contributed by atoms with E-state index in [4.69, 9.17) is 22.1 Å². The number of methoxy groups -OCH3 is 1. The average molecular weight is 413 g/mol. The number of ether oxygens (including phenoxy) is 1. The van der Waals surface area contributed by atoms with Crippen molar-refractivity contribution in [2.75, 3.05) is 12.8 Å². The number of hydrogen-bond acceptors (Lipinski definition) is 4. The van der Waals surface area contributed by atoms with Gasteiger partial charge in [0, 0.05) is 11.1 Å². The first-order valence-electron chi connectivity index (χ1n) is 7.91. The third kappa shape index (κ3) is 4.28. The molecule has 2 rings (SSSR count). The molecule has 3 N–H and O–H groups in total. The quantitative estimate of drug-likeness (QED) is 0.685. The summed E-state index contributed by atoms with van der Waals surface area (Å²) in [5.74, 6) is -3.68. The summed E-state index contributed by atoms with van der Waals surface area (Å²) in [5, 5.41) is 9.48. The van der Waals surface area contributed by atoms with Gasteiger partial charge in [0.2, 0.25) is 0 Å². The molecule has 0 bridgehead atoms. The zero-order chi connectivity index (χ0) is 20.5. The minimum absolute atomic E-state index is 0.0136. The van der Waals surface area contributed by atoms with E-state index in [1.165, 1.54) is 25.3 Å². The van der Waals surface area contributed by atoms with E-state index in [1.54, 1.807) is 0 Å². The third-order valence-corrected chi connectivity index (χ3v) is 5.14. The molecule has 0 saturated heterocycles. The Hall–Kier alpha value is -2.45. The van der Waals surface area contributed by atoms with Gasteiger partial charge >= 0.3 is 5.97 Å². The fourth-order valence-corrected chi connectivity index (χ4v) is 3.23. The first kappa shape index (κ1) is 20.9. The van der Waals surface area contributed by atoms with Crippen molar-refractivity contribution in [1.82, 2.24) is 4.98 Å². The van der Waals surface area contributed by atoms with Gasteiger partial charge in [-0.2, -0.15) is 0 Å². The van der Waals surface area contributed by atoms with Gasteiger partial charge in [-0.25, -0.2) is 18.6 Å². The molecular formula is C18H19ClF2N2O3Si. The molecule has 0 aliphatic heterocycles. The van der Waals surface area contributed by atoms with Crippen LogP contribution >= 0.6 is 11.6 Å². The van der Waals surface area contributed by atoms with Crippen LogP contribution in [0.5, 0.6) is 5.75 Å². The molecule has 0 spiro atoms. The monoisotopic (exact) mass is 412 g/mol. The lowest BCUT2D eigenvalue weighted by atomic mass is 10.0. The van der Waals surface area contributed by atoms with Gasteiger partial charge in [-0.05, 0) is 12.1 Å². The number of nitrogen functional groups attached to an aromatic ring is 1. The van der Waals surface area contributed by atoms with E-state index in [1.807, 2.05) is 25.3 Å². The van der Waals surface area contributed by atoms with Crippen molar-refractivity contribution < 1.29 is 23.4 Å². The lowest BCUT2D eigenvalue weighted by Gasteiger charge is -2.14. The number of carboxylic acids is 1. The number of halogens is 3. The number of carbonyl (C=O) groups is 1. The second kappa shape index (κ2) is 7.65. The molecule has 1 heterocycles. The molecule has 0 unspecified atom stereocenters. The van der Waals surface area contributed by atoms with Gasteiger partial charge in [0.25, 0.3) is 0 Å². The highest BCUT2D eigenvalue weighted by atomic mass is 35.5. The molecular weight excluding hydrogens is 394 g/mol. The summed E-state index contributed by atoms with van der Waals surface area (Å²) < 4.78 is 34.4. The highest BCUT2D eigenvalue weighted by molar-refractivity contribution is 6.81. The molecule has 0 aliphatic rings. The number of carboxylic acid groups (broad SMARTS) is 1. The Morgan fingerprint density at radius 3 is 2.44 bits per heavy atom.